The number of para-hydroxylation sites is 1. The van der Waals surface area contributed by atoms with Crippen LogP contribution in [0.25, 0.3) is 11.4 Å². The third kappa shape index (κ3) is 3.87. The van der Waals surface area contributed by atoms with Crippen molar-refractivity contribution in [1.82, 2.24) is 20.2 Å². The van der Waals surface area contributed by atoms with Crippen molar-refractivity contribution < 1.29 is 9.53 Å². The number of carbonyl (C=O) groups is 1. The predicted octanol–water partition coefficient (Wildman–Crippen LogP) is 3.06. The third-order valence-electron chi connectivity index (χ3n) is 4.60. The number of benzene rings is 1. The van der Waals surface area contributed by atoms with Crippen LogP contribution in [-0.2, 0) is 9.53 Å². The van der Waals surface area contributed by atoms with E-state index in [0.717, 1.165) is 30.5 Å². The van der Waals surface area contributed by atoms with Crippen molar-refractivity contribution in [1.29, 1.82) is 0 Å². The van der Waals surface area contributed by atoms with Crippen molar-refractivity contribution in [3.8, 4) is 11.4 Å². The maximum atomic E-state index is 12.7. The van der Waals surface area contributed by atoms with Gasteiger partial charge in [0.05, 0.1) is 17.8 Å². The molecule has 2 atom stereocenters. The Morgan fingerprint density at radius 3 is 2.96 bits per heavy atom. The Bertz CT molecular complexity index is 728. The van der Waals surface area contributed by atoms with Crippen molar-refractivity contribution in [3.63, 3.8) is 0 Å². The van der Waals surface area contributed by atoms with Gasteiger partial charge in [-0.2, -0.15) is 0 Å². The fraction of sp³-hybridized carbons (Fsp3) is 0.556. The van der Waals surface area contributed by atoms with E-state index in [1.54, 1.807) is 4.68 Å². The molecule has 25 heavy (non-hydrogen) atoms. The highest BCUT2D eigenvalue weighted by atomic mass is 16.5. The van der Waals surface area contributed by atoms with Crippen LogP contribution in [0, 0.1) is 5.92 Å². The molecule has 1 aliphatic heterocycles. The van der Waals surface area contributed by atoms with Crippen LogP contribution >= 0.6 is 0 Å². The first kappa shape index (κ1) is 17.5. The van der Waals surface area contributed by atoms with Crippen LogP contribution in [0.2, 0.25) is 0 Å². The predicted molar refractivity (Wildman–Crippen MR) is 95.0 cm³/mol. The Hall–Kier alpha value is -2.28. The molecule has 1 saturated heterocycles. The number of ether oxygens (including phenoxy) is 1. The molecule has 1 aromatic heterocycles. The standard InChI is InChI=1S/C18H25N5O2/c1-4-14-11-13(9-10-25-14)18(24)19-16-8-6-5-7-15(16)17-20-21-22-23(17)12(2)3/h5-8,12-14H,4,9-11H2,1-3H3,(H,19,24). The van der Waals surface area contributed by atoms with Crippen LogP contribution in [0.4, 0.5) is 5.69 Å². The number of rotatable bonds is 5. The minimum Gasteiger partial charge on any atom is -0.378 e. The Labute approximate surface area is 147 Å². The first-order valence-electron chi connectivity index (χ1n) is 8.89. The van der Waals surface area contributed by atoms with Crippen LogP contribution in [0.5, 0.6) is 0 Å². The van der Waals surface area contributed by atoms with E-state index in [0.29, 0.717) is 12.4 Å². The second-order valence-corrected chi connectivity index (χ2v) is 6.70. The molecule has 0 aliphatic carbocycles. The molecule has 0 radical (unpaired) electrons. The second-order valence-electron chi connectivity index (χ2n) is 6.70. The minimum atomic E-state index is -0.0205. The summed E-state index contributed by atoms with van der Waals surface area (Å²) in [5.74, 6) is 0.676. The molecule has 1 N–H and O–H groups in total. The van der Waals surface area contributed by atoms with E-state index in [1.807, 2.05) is 38.1 Å². The zero-order valence-electron chi connectivity index (χ0n) is 15.0. The average molecular weight is 343 g/mol. The van der Waals surface area contributed by atoms with Gasteiger partial charge < -0.3 is 10.1 Å². The third-order valence-corrected chi connectivity index (χ3v) is 4.60. The number of amides is 1. The van der Waals surface area contributed by atoms with Crippen molar-refractivity contribution in [2.45, 2.75) is 52.2 Å². The van der Waals surface area contributed by atoms with E-state index in [1.165, 1.54) is 0 Å². The lowest BCUT2D eigenvalue weighted by atomic mass is 9.93. The van der Waals surface area contributed by atoms with Crippen LogP contribution in [-0.4, -0.2) is 38.8 Å². The van der Waals surface area contributed by atoms with Crippen LogP contribution in [0.3, 0.4) is 0 Å². The van der Waals surface area contributed by atoms with Crippen molar-refractivity contribution in [3.05, 3.63) is 24.3 Å². The molecule has 0 bridgehead atoms. The zero-order chi connectivity index (χ0) is 17.8. The monoisotopic (exact) mass is 343 g/mol. The maximum Gasteiger partial charge on any atom is 0.227 e. The molecule has 2 heterocycles. The number of hydrogen-bond donors (Lipinski definition) is 1. The van der Waals surface area contributed by atoms with E-state index < -0.39 is 0 Å². The quantitative estimate of drug-likeness (QED) is 0.902. The van der Waals surface area contributed by atoms with Gasteiger partial charge in [-0.3, -0.25) is 4.79 Å². The summed E-state index contributed by atoms with van der Waals surface area (Å²) in [6, 6.07) is 7.78. The van der Waals surface area contributed by atoms with Gasteiger partial charge in [-0.15, -0.1) is 5.10 Å². The summed E-state index contributed by atoms with van der Waals surface area (Å²) in [4.78, 5) is 12.7. The summed E-state index contributed by atoms with van der Waals surface area (Å²) < 4.78 is 7.43. The molecule has 2 aromatic rings. The van der Waals surface area contributed by atoms with Crippen molar-refractivity contribution >= 4 is 11.6 Å². The largest absolute Gasteiger partial charge is 0.378 e. The summed E-state index contributed by atoms with van der Waals surface area (Å²) in [6.07, 6.45) is 2.64. The number of aromatic nitrogens is 4. The molecule has 1 amide bonds. The molecular formula is C18H25N5O2. The minimum absolute atomic E-state index is 0.0205. The Balaban J connectivity index is 1.82. The molecule has 1 aliphatic rings. The van der Waals surface area contributed by atoms with Gasteiger partial charge in [0.25, 0.3) is 0 Å². The SMILES string of the molecule is CCC1CC(C(=O)Nc2ccccc2-c2nnnn2C(C)C)CCO1. The smallest absolute Gasteiger partial charge is 0.227 e. The van der Waals surface area contributed by atoms with Gasteiger partial charge in [0.15, 0.2) is 5.82 Å². The van der Waals surface area contributed by atoms with E-state index in [9.17, 15) is 4.79 Å². The Morgan fingerprint density at radius 1 is 1.40 bits per heavy atom. The topological polar surface area (TPSA) is 81.9 Å². The summed E-state index contributed by atoms with van der Waals surface area (Å²) in [6.45, 7) is 6.78. The highest BCUT2D eigenvalue weighted by Gasteiger charge is 2.27. The summed E-state index contributed by atoms with van der Waals surface area (Å²) >= 11 is 0. The molecular weight excluding hydrogens is 318 g/mol. The number of nitrogens with zero attached hydrogens (tertiary/aromatic N) is 4. The molecule has 0 saturated carbocycles. The lowest BCUT2D eigenvalue weighted by molar-refractivity contribution is -0.124. The number of anilines is 1. The van der Waals surface area contributed by atoms with Gasteiger partial charge in [-0.05, 0) is 55.7 Å². The molecule has 134 valence electrons. The van der Waals surface area contributed by atoms with Gasteiger partial charge in [0, 0.05) is 18.1 Å². The molecule has 3 rings (SSSR count). The molecule has 7 nitrogen and oxygen atoms in total. The first-order chi connectivity index (χ1) is 12.1. The highest BCUT2D eigenvalue weighted by Crippen LogP contribution is 2.29. The molecule has 0 spiro atoms. The fourth-order valence-electron chi connectivity index (χ4n) is 3.14. The van der Waals surface area contributed by atoms with Crippen molar-refractivity contribution in [2.75, 3.05) is 11.9 Å². The molecule has 2 unspecified atom stereocenters. The number of tetrazole rings is 1. The normalized spacial score (nSPS) is 20.6. The van der Waals surface area contributed by atoms with Crippen molar-refractivity contribution in [2.24, 2.45) is 5.92 Å². The van der Waals surface area contributed by atoms with E-state index >= 15 is 0 Å². The summed E-state index contributed by atoms with van der Waals surface area (Å²) in [7, 11) is 0. The maximum absolute atomic E-state index is 12.7. The second kappa shape index (κ2) is 7.74. The molecule has 1 aromatic carbocycles. The lowest BCUT2D eigenvalue weighted by Crippen LogP contribution is -2.33. The summed E-state index contributed by atoms with van der Waals surface area (Å²) in [5, 5.41) is 15.1. The number of nitrogens with one attached hydrogen (secondary N) is 1. The lowest BCUT2D eigenvalue weighted by Gasteiger charge is -2.28. The van der Waals surface area contributed by atoms with E-state index in [4.69, 9.17) is 4.74 Å². The van der Waals surface area contributed by atoms with Crippen LogP contribution < -0.4 is 5.32 Å². The van der Waals surface area contributed by atoms with E-state index in [2.05, 4.69) is 27.8 Å². The Morgan fingerprint density at radius 2 is 2.20 bits per heavy atom. The number of carbonyl (C=O) groups excluding carboxylic acids is 1. The van der Waals surface area contributed by atoms with Crippen LogP contribution in [0.1, 0.15) is 46.1 Å². The summed E-state index contributed by atoms with van der Waals surface area (Å²) in [5.41, 5.74) is 1.57. The number of hydrogen-bond acceptors (Lipinski definition) is 5. The fourth-order valence-corrected chi connectivity index (χ4v) is 3.14. The molecule has 7 heteroatoms. The average Bonchev–Trinajstić information content (AvgIpc) is 3.12. The van der Waals surface area contributed by atoms with Gasteiger partial charge in [-0.25, -0.2) is 4.68 Å². The zero-order valence-corrected chi connectivity index (χ0v) is 15.0. The van der Waals surface area contributed by atoms with Gasteiger partial charge in [0.1, 0.15) is 0 Å². The van der Waals surface area contributed by atoms with Gasteiger partial charge in [-0.1, -0.05) is 19.1 Å². The van der Waals surface area contributed by atoms with Crippen LogP contribution in [0.15, 0.2) is 24.3 Å². The first-order valence-corrected chi connectivity index (χ1v) is 8.89. The Kier molecular flexibility index (Phi) is 5.43. The highest BCUT2D eigenvalue weighted by molar-refractivity contribution is 5.96. The van der Waals surface area contributed by atoms with Gasteiger partial charge in [0.2, 0.25) is 5.91 Å². The van der Waals surface area contributed by atoms with Gasteiger partial charge >= 0.3 is 0 Å². The van der Waals surface area contributed by atoms with E-state index in [-0.39, 0.29) is 24.0 Å². The molecule has 1 fully saturated rings.